The summed E-state index contributed by atoms with van der Waals surface area (Å²) in [7, 11) is -3.76. The van der Waals surface area contributed by atoms with Gasteiger partial charge in [-0.2, -0.15) is 13.2 Å². The third-order valence-corrected chi connectivity index (χ3v) is 5.79. The highest BCUT2D eigenvalue weighted by atomic mass is 32.2. The number of benzene rings is 1. The average molecular weight is 306 g/mol. The molecule has 0 amide bonds. The predicted molar refractivity (Wildman–Crippen MR) is 66.3 cm³/mol. The second kappa shape index (κ2) is 5.20. The Balaban J connectivity index is 2.51. The van der Waals surface area contributed by atoms with E-state index in [9.17, 15) is 26.4 Å². The number of carbonyl (C=O) groups is 1. The summed E-state index contributed by atoms with van der Waals surface area (Å²) in [5.74, 6) is 0. The summed E-state index contributed by atoms with van der Waals surface area (Å²) in [5, 5.41) is -0.620. The molecule has 2 rings (SSSR count). The van der Waals surface area contributed by atoms with Crippen molar-refractivity contribution < 1.29 is 26.4 Å². The number of hydrogen-bond acceptors (Lipinski definition) is 3. The molecule has 0 radical (unpaired) electrons. The van der Waals surface area contributed by atoms with Crippen LogP contribution in [0.5, 0.6) is 0 Å². The summed E-state index contributed by atoms with van der Waals surface area (Å²) < 4.78 is 63.0. The molecule has 1 aliphatic rings. The minimum Gasteiger partial charge on any atom is -0.298 e. The van der Waals surface area contributed by atoms with Gasteiger partial charge in [-0.15, -0.1) is 0 Å². The van der Waals surface area contributed by atoms with Crippen molar-refractivity contribution in [3.05, 3.63) is 29.3 Å². The highest BCUT2D eigenvalue weighted by Crippen LogP contribution is 2.35. The van der Waals surface area contributed by atoms with Crippen molar-refractivity contribution in [3.8, 4) is 0 Å². The van der Waals surface area contributed by atoms with E-state index in [0.29, 0.717) is 18.9 Å². The zero-order chi connectivity index (χ0) is 15.0. The van der Waals surface area contributed by atoms with Gasteiger partial charge in [0.15, 0.2) is 16.1 Å². The van der Waals surface area contributed by atoms with Gasteiger partial charge in [-0.05, 0) is 31.0 Å². The molecular weight excluding hydrogens is 293 g/mol. The van der Waals surface area contributed by atoms with Crippen molar-refractivity contribution in [2.24, 2.45) is 0 Å². The summed E-state index contributed by atoms with van der Waals surface area (Å²) >= 11 is 0. The molecule has 110 valence electrons. The van der Waals surface area contributed by atoms with Gasteiger partial charge in [-0.25, -0.2) is 8.42 Å². The number of aldehydes is 1. The lowest BCUT2D eigenvalue weighted by Gasteiger charge is -2.14. The van der Waals surface area contributed by atoms with Gasteiger partial charge in [0, 0.05) is 5.56 Å². The largest absolute Gasteiger partial charge is 0.417 e. The molecular formula is C13H13F3O3S. The molecule has 3 nitrogen and oxygen atoms in total. The van der Waals surface area contributed by atoms with Crippen molar-refractivity contribution >= 4 is 16.1 Å². The first-order chi connectivity index (χ1) is 9.26. The monoisotopic (exact) mass is 306 g/mol. The fraction of sp³-hybridized carbons (Fsp3) is 0.462. The summed E-state index contributed by atoms with van der Waals surface area (Å²) in [6, 6.07) is 2.56. The molecule has 1 fully saturated rings. The molecule has 0 N–H and O–H groups in total. The van der Waals surface area contributed by atoms with Crippen LogP contribution in [0, 0.1) is 0 Å². The van der Waals surface area contributed by atoms with E-state index in [0.717, 1.165) is 25.0 Å². The zero-order valence-electron chi connectivity index (χ0n) is 10.5. The predicted octanol–water partition coefficient (Wildman–Crippen LogP) is 3.23. The van der Waals surface area contributed by atoms with Crippen molar-refractivity contribution in [3.63, 3.8) is 0 Å². The van der Waals surface area contributed by atoms with Gasteiger partial charge in [0.05, 0.1) is 15.7 Å². The van der Waals surface area contributed by atoms with E-state index in [2.05, 4.69) is 0 Å². The molecule has 0 bridgehead atoms. The molecule has 0 unspecified atom stereocenters. The number of sulfone groups is 1. The Morgan fingerprint density at radius 1 is 1.15 bits per heavy atom. The summed E-state index contributed by atoms with van der Waals surface area (Å²) in [4.78, 5) is 10.3. The van der Waals surface area contributed by atoms with Crippen LogP contribution in [-0.2, 0) is 16.0 Å². The Hall–Kier alpha value is -1.37. The molecule has 0 heterocycles. The second-order valence-electron chi connectivity index (χ2n) is 4.82. The smallest absolute Gasteiger partial charge is 0.298 e. The maximum atomic E-state index is 12.8. The van der Waals surface area contributed by atoms with E-state index >= 15 is 0 Å². The van der Waals surface area contributed by atoms with Crippen LogP contribution < -0.4 is 0 Å². The van der Waals surface area contributed by atoms with Crippen LogP contribution in [0.3, 0.4) is 0 Å². The number of halogens is 3. The highest BCUT2D eigenvalue weighted by Gasteiger charge is 2.36. The lowest BCUT2D eigenvalue weighted by Crippen LogP contribution is -2.19. The normalized spacial score (nSPS) is 17.4. The van der Waals surface area contributed by atoms with Crippen LogP contribution in [0.4, 0.5) is 13.2 Å². The molecule has 0 spiro atoms. The van der Waals surface area contributed by atoms with Gasteiger partial charge >= 0.3 is 6.18 Å². The van der Waals surface area contributed by atoms with Crippen LogP contribution >= 0.6 is 0 Å². The molecule has 1 aromatic rings. The Morgan fingerprint density at radius 2 is 1.75 bits per heavy atom. The van der Waals surface area contributed by atoms with Crippen molar-refractivity contribution in [1.82, 2.24) is 0 Å². The Morgan fingerprint density at radius 3 is 2.25 bits per heavy atom. The molecule has 0 atom stereocenters. The molecule has 20 heavy (non-hydrogen) atoms. The fourth-order valence-corrected chi connectivity index (χ4v) is 4.33. The molecule has 0 aromatic heterocycles. The van der Waals surface area contributed by atoms with E-state index in [1.165, 1.54) is 0 Å². The third-order valence-electron chi connectivity index (χ3n) is 3.53. The first kappa shape index (κ1) is 15.0. The van der Waals surface area contributed by atoms with Gasteiger partial charge in [-0.1, -0.05) is 12.8 Å². The van der Waals surface area contributed by atoms with Gasteiger partial charge in [0.2, 0.25) is 0 Å². The molecule has 1 aliphatic carbocycles. The molecule has 0 saturated heterocycles. The van der Waals surface area contributed by atoms with E-state index in [1.54, 1.807) is 0 Å². The first-order valence-electron chi connectivity index (χ1n) is 6.17. The van der Waals surface area contributed by atoms with Gasteiger partial charge in [0.25, 0.3) is 0 Å². The minimum absolute atomic E-state index is 0.0782. The average Bonchev–Trinajstić information content (AvgIpc) is 2.91. The van der Waals surface area contributed by atoms with Crippen LogP contribution in [0.15, 0.2) is 23.1 Å². The van der Waals surface area contributed by atoms with Gasteiger partial charge in [0.1, 0.15) is 0 Å². The summed E-state index contributed by atoms with van der Waals surface area (Å²) in [6.45, 7) is 0. The molecule has 0 aliphatic heterocycles. The van der Waals surface area contributed by atoms with Gasteiger partial charge < -0.3 is 0 Å². The Bertz CT molecular complexity index is 614. The van der Waals surface area contributed by atoms with Gasteiger partial charge in [-0.3, -0.25) is 4.79 Å². The van der Waals surface area contributed by atoms with Crippen LogP contribution in [-0.4, -0.2) is 20.0 Å². The van der Waals surface area contributed by atoms with E-state index in [4.69, 9.17) is 0 Å². The van der Waals surface area contributed by atoms with E-state index < -0.39 is 32.4 Å². The maximum Gasteiger partial charge on any atom is 0.417 e. The van der Waals surface area contributed by atoms with Crippen molar-refractivity contribution in [2.45, 2.75) is 42.0 Å². The second-order valence-corrected chi connectivity index (χ2v) is 7.04. The number of hydrogen-bond donors (Lipinski definition) is 0. The lowest BCUT2D eigenvalue weighted by molar-refractivity contribution is -0.138. The Labute approximate surface area is 114 Å². The first-order valence-corrected chi connectivity index (χ1v) is 7.72. The standard InChI is InChI=1S/C13H13F3O3S/c14-13(15,16)12-7-11(6-5-9(12)8-17)20(18,19)10-3-1-2-4-10/h5-8,10H,1-4H2. The Kier molecular flexibility index (Phi) is 3.90. The number of alkyl halides is 3. The minimum atomic E-state index is -4.75. The number of rotatable bonds is 3. The molecule has 7 heteroatoms. The van der Waals surface area contributed by atoms with Crippen LogP contribution in [0.2, 0.25) is 0 Å². The topological polar surface area (TPSA) is 51.2 Å². The fourth-order valence-electron chi connectivity index (χ4n) is 2.45. The van der Waals surface area contributed by atoms with Crippen LogP contribution in [0.1, 0.15) is 41.6 Å². The zero-order valence-corrected chi connectivity index (χ0v) is 11.3. The van der Waals surface area contributed by atoms with Crippen molar-refractivity contribution in [2.75, 3.05) is 0 Å². The quantitative estimate of drug-likeness (QED) is 0.806. The number of carbonyl (C=O) groups excluding carboxylic acids is 1. The molecule has 1 aromatic carbocycles. The highest BCUT2D eigenvalue weighted by molar-refractivity contribution is 7.92. The van der Waals surface area contributed by atoms with Crippen LogP contribution in [0.25, 0.3) is 0 Å². The van der Waals surface area contributed by atoms with Crippen molar-refractivity contribution in [1.29, 1.82) is 0 Å². The SMILES string of the molecule is O=Cc1ccc(S(=O)(=O)C2CCCC2)cc1C(F)(F)F. The maximum absolute atomic E-state index is 12.8. The lowest BCUT2D eigenvalue weighted by atomic mass is 10.1. The molecule has 1 saturated carbocycles. The third kappa shape index (κ3) is 2.72. The van der Waals surface area contributed by atoms with E-state index in [-0.39, 0.29) is 11.2 Å². The summed E-state index contributed by atoms with van der Waals surface area (Å²) in [6.07, 6.45) is -2.20. The van der Waals surface area contributed by atoms with E-state index in [1.807, 2.05) is 0 Å². The summed E-state index contributed by atoms with van der Waals surface area (Å²) in [5.41, 5.74) is -1.76.